The minimum atomic E-state index is -0.536. The first kappa shape index (κ1) is 20.1. The van der Waals surface area contributed by atoms with E-state index >= 15 is 0 Å². The average Bonchev–Trinajstić information content (AvgIpc) is 3.48. The molecule has 34 heavy (non-hydrogen) atoms. The molecule has 1 aliphatic heterocycles. The molecule has 4 heterocycles. The third kappa shape index (κ3) is 3.99. The molecule has 6 rings (SSSR count). The lowest BCUT2D eigenvalue weighted by Gasteiger charge is -2.11. The van der Waals surface area contributed by atoms with Crippen LogP contribution in [0.1, 0.15) is 29.7 Å². The maximum Gasteiger partial charge on any atom is 0.326 e. The first-order valence-corrected chi connectivity index (χ1v) is 11.1. The molecule has 3 N–H and O–H groups in total. The van der Waals surface area contributed by atoms with Gasteiger partial charge in [-0.25, -0.2) is 9.78 Å². The Balaban J connectivity index is 1.34. The van der Waals surface area contributed by atoms with Crippen molar-refractivity contribution in [2.75, 3.05) is 5.32 Å². The van der Waals surface area contributed by atoms with Gasteiger partial charge in [0.05, 0.1) is 17.6 Å². The second-order valence-corrected chi connectivity index (χ2v) is 8.44. The van der Waals surface area contributed by atoms with Gasteiger partial charge >= 0.3 is 6.03 Å². The summed E-state index contributed by atoms with van der Waals surface area (Å²) in [6.45, 7) is 0. The fourth-order valence-electron chi connectivity index (χ4n) is 3.94. The highest BCUT2D eigenvalue weighted by molar-refractivity contribution is 6.14. The van der Waals surface area contributed by atoms with E-state index < -0.39 is 11.9 Å². The Morgan fingerprint density at radius 1 is 1.09 bits per heavy atom. The number of amides is 3. The van der Waals surface area contributed by atoms with Crippen molar-refractivity contribution in [1.82, 2.24) is 30.2 Å². The fourth-order valence-corrected chi connectivity index (χ4v) is 3.94. The molecule has 9 nitrogen and oxygen atoms in total. The van der Waals surface area contributed by atoms with Crippen LogP contribution in [-0.4, -0.2) is 37.6 Å². The predicted octanol–water partition coefficient (Wildman–Crippen LogP) is 3.14. The average molecular weight is 451 g/mol. The number of rotatable bonds is 6. The number of imide groups is 1. The number of anilines is 1. The van der Waals surface area contributed by atoms with E-state index in [0.717, 1.165) is 41.2 Å². The number of hydrogen-bond acceptors (Lipinski definition) is 6. The van der Waals surface area contributed by atoms with Crippen molar-refractivity contribution < 1.29 is 9.59 Å². The predicted molar refractivity (Wildman–Crippen MR) is 127 cm³/mol. The Bertz CT molecular complexity index is 1440. The van der Waals surface area contributed by atoms with Crippen molar-refractivity contribution >= 4 is 29.5 Å². The maximum absolute atomic E-state index is 12.0. The summed E-state index contributed by atoms with van der Waals surface area (Å²) in [5.41, 5.74) is 5.44. The minimum absolute atomic E-state index is 0.175. The summed E-state index contributed by atoms with van der Waals surface area (Å²) in [5.74, 6) is 0.391. The Labute approximate surface area is 194 Å². The van der Waals surface area contributed by atoms with E-state index in [2.05, 4.69) is 50.3 Å². The molecule has 4 aromatic rings. The highest BCUT2D eigenvalue weighted by Gasteiger charge is 2.25. The van der Waals surface area contributed by atoms with E-state index in [-0.39, 0.29) is 5.70 Å². The molecule has 0 atom stereocenters. The molecule has 1 saturated heterocycles. The van der Waals surface area contributed by atoms with Crippen LogP contribution in [0.2, 0.25) is 0 Å². The second-order valence-electron chi connectivity index (χ2n) is 8.44. The van der Waals surface area contributed by atoms with Crippen molar-refractivity contribution in [1.29, 1.82) is 0 Å². The molecule has 168 valence electrons. The number of benzene rings is 1. The monoisotopic (exact) mass is 451 g/mol. The molecule has 2 aliphatic rings. The van der Waals surface area contributed by atoms with Gasteiger partial charge in [-0.3, -0.25) is 15.1 Å². The normalized spacial score (nSPS) is 16.6. The Kier molecular flexibility index (Phi) is 4.80. The lowest BCUT2D eigenvalue weighted by atomic mass is 10.0. The largest absolute Gasteiger partial charge is 0.367 e. The highest BCUT2D eigenvalue weighted by atomic mass is 16.2. The molecular formula is C25H21N7O2. The molecule has 9 heteroatoms. The van der Waals surface area contributed by atoms with Crippen LogP contribution >= 0.6 is 0 Å². The van der Waals surface area contributed by atoms with Gasteiger partial charge in [0.15, 0.2) is 5.65 Å². The third-order valence-corrected chi connectivity index (χ3v) is 5.80. The van der Waals surface area contributed by atoms with Crippen LogP contribution in [0, 0.1) is 0 Å². The second kappa shape index (κ2) is 8.11. The van der Waals surface area contributed by atoms with Gasteiger partial charge in [-0.15, -0.1) is 0 Å². The smallest absolute Gasteiger partial charge is 0.326 e. The van der Waals surface area contributed by atoms with Gasteiger partial charge in [0, 0.05) is 35.9 Å². The van der Waals surface area contributed by atoms with Crippen molar-refractivity contribution in [3.05, 3.63) is 83.4 Å². The molecule has 3 aromatic heterocycles. The zero-order valence-electron chi connectivity index (χ0n) is 18.2. The third-order valence-electron chi connectivity index (χ3n) is 5.80. The summed E-state index contributed by atoms with van der Waals surface area (Å²) in [6.07, 6.45) is 7.92. The standard InChI is InChI=1S/C25H21N7O2/c33-24-21(30-25(34)31-24)12-17-14-27-32-22(28-18-8-9-18)13-19(29-23(17)32)11-15-4-6-16(7-5-15)20-3-1-2-10-26-20/h1-7,10,12-14,18,28H,8-9,11H2,(H2,30,31,33,34)/b21-12-. The van der Waals surface area contributed by atoms with Gasteiger partial charge in [-0.05, 0) is 36.6 Å². The quantitative estimate of drug-likeness (QED) is 0.307. The lowest BCUT2D eigenvalue weighted by Crippen LogP contribution is -2.22. The maximum atomic E-state index is 12.0. The van der Waals surface area contributed by atoms with Crippen LogP contribution < -0.4 is 16.0 Å². The number of pyridine rings is 1. The van der Waals surface area contributed by atoms with E-state index in [4.69, 9.17) is 4.98 Å². The number of hydrogen-bond donors (Lipinski definition) is 3. The van der Waals surface area contributed by atoms with Gasteiger partial charge in [0.2, 0.25) is 0 Å². The van der Waals surface area contributed by atoms with Gasteiger partial charge in [0.25, 0.3) is 5.91 Å². The lowest BCUT2D eigenvalue weighted by molar-refractivity contribution is -0.115. The summed E-state index contributed by atoms with van der Waals surface area (Å²) in [6, 6.07) is 16.1. The molecule has 0 bridgehead atoms. The summed E-state index contributed by atoms with van der Waals surface area (Å²) in [4.78, 5) is 32.7. The molecule has 0 radical (unpaired) electrons. The summed E-state index contributed by atoms with van der Waals surface area (Å²) in [7, 11) is 0. The highest BCUT2D eigenvalue weighted by Crippen LogP contribution is 2.27. The first-order chi connectivity index (χ1) is 16.6. The SMILES string of the molecule is O=C1NC(=O)/C(=C/c2cnn3c(NC4CC4)cc(Cc4ccc(-c5ccccn5)cc4)nc23)N1. The minimum Gasteiger partial charge on any atom is -0.367 e. The molecule has 3 amide bonds. The van der Waals surface area contributed by atoms with Crippen molar-refractivity contribution in [3.63, 3.8) is 0 Å². The van der Waals surface area contributed by atoms with E-state index in [9.17, 15) is 9.59 Å². The van der Waals surface area contributed by atoms with E-state index in [1.54, 1.807) is 23.0 Å². The number of nitrogens with zero attached hydrogens (tertiary/aromatic N) is 4. The molecule has 0 unspecified atom stereocenters. The van der Waals surface area contributed by atoms with Crippen LogP contribution in [0.25, 0.3) is 23.0 Å². The van der Waals surface area contributed by atoms with Crippen LogP contribution in [0.5, 0.6) is 0 Å². The molecule has 1 aliphatic carbocycles. The summed E-state index contributed by atoms with van der Waals surface area (Å²) >= 11 is 0. The number of carbonyl (C=O) groups is 2. The van der Waals surface area contributed by atoms with Crippen molar-refractivity contribution in [2.45, 2.75) is 25.3 Å². The molecule has 2 fully saturated rings. The fraction of sp³-hybridized carbons (Fsp3) is 0.160. The topological polar surface area (TPSA) is 113 Å². The van der Waals surface area contributed by atoms with Crippen molar-refractivity contribution in [2.24, 2.45) is 0 Å². The summed E-state index contributed by atoms with van der Waals surface area (Å²) < 4.78 is 1.74. The Morgan fingerprint density at radius 3 is 2.65 bits per heavy atom. The molecule has 1 aromatic carbocycles. The number of carbonyl (C=O) groups excluding carboxylic acids is 2. The first-order valence-electron chi connectivity index (χ1n) is 11.1. The Morgan fingerprint density at radius 2 is 1.94 bits per heavy atom. The molecule has 1 saturated carbocycles. The zero-order chi connectivity index (χ0) is 23.1. The van der Waals surface area contributed by atoms with Gasteiger partial charge < -0.3 is 10.6 Å². The van der Waals surface area contributed by atoms with Gasteiger partial charge in [0.1, 0.15) is 11.5 Å². The number of nitrogens with one attached hydrogen (secondary N) is 3. The summed E-state index contributed by atoms with van der Waals surface area (Å²) in [5, 5.41) is 12.7. The van der Waals surface area contributed by atoms with Crippen LogP contribution in [0.4, 0.5) is 10.6 Å². The molecule has 0 spiro atoms. The van der Waals surface area contributed by atoms with Gasteiger partial charge in [-0.2, -0.15) is 9.61 Å². The zero-order valence-corrected chi connectivity index (χ0v) is 18.2. The van der Waals surface area contributed by atoms with Gasteiger partial charge in [-0.1, -0.05) is 30.3 Å². The molecular weight excluding hydrogens is 430 g/mol. The Hall–Kier alpha value is -4.53. The number of fused-ring (bicyclic) bond motifs is 1. The van der Waals surface area contributed by atoms with E-state index in [1.807, 2.05) is 24.3 Å². The van der Waals surface area contributed by atoms with Crippen LogP contribution in [0.15, 0.2) is 66.6 Å². The van der Waals surface area contributed by atoms with E-state index in [0.29, 0.717) is 23.7 Å². The van der Waals surface area contributed by atoms with E-state index in [1.165, 1.54) is 0 Å². The van der Waals surface area contributed by atoms with Crippen LogP contribution in [0.3, 0.4) is 0 Å². The number of aromatic nitrogens is 4. The van der Waals surface area contributed by atoms with Crippen molar-refractivity contribution in [3.8, 4) is 11.3 Å². The number of urea groups is 1. The van der Waals surface area contributed by atoms with Crippen LogP contribution in [-0.2, 0) is 11.2 Å².